The fraction of sp³-hybridized carbons (Fsp3) is 0.462. The number of nitrogens with one attached hydrogen (secondary N) is 1. The van der Waals surface area contributed by atoms with Crippen LogP contribution in [0.25, 0.3) is 0 Å². The number of halogens is 2. The van der Waals surface area contributed by atoms with Crippen LogP contribution in [0.5, 0.6) is 0 Å². The zero-order chi connectivity index (χ0) is 19.1. The number of oxime groups is 1. The molecule has 2 unspecified atom stereocenters. The van der Waals surface area contributed by atoms with Gasteiger partial charge in [-0.15, -0.1) is 47.1 Å². The number of hydrogen-bond donors (Lipinski definition) is 3. The molecule has 3 heterocycles. The third-order valence-electron chi connectivity index (χ3n) is 3.88. The number of carboxylic acids is 1. The third kappa shape index (κ3) is 3.93. The molecule has 0 aliphatic carbocycles. The van der Waals surface area contributed by atoms with Gasteiger partial charge in [0.05, 0.1) is 6.54 Å². The number of fused-ring (bicyclic) bond motifs is 1. The predicted molar refractivity (Wildman–Crippen MR) is 103 cm³/mol. The lowest BCUT2D eigenvalue weighted by Gasteiger charge is -2.52. The molecule has 10 nitrogen and oxygen atoms in total. The number of hydrogen-bond acceptors (Lipinski definition) is 9. The van der Waals surface area contributed by atoms with Gasteiger partial charge in [-0.2, -0.15) is 0 Å². The Bertz CT molecular complexity index is 806. The van der Waals surface area contributed by atoms with Crippen molar-refractivity contribution in [2.24, 2.45) is 5.16 Å². The van der Waals surface area contributed by atoms with E-state index in [1.807, 2.05) is 0 Å². The van der Waals surface area contributed by atoms with Crippen molar-refractivity contribution in [3.8, 4) is 0 Å². The van der Waals surface area contributed by atoms with E-state index in [9.17, 15) is 19.5 Å². The molecule has 14 heteroatoms. The van der Waals surface area contributed by atoms with Crippen LogP contribution < -0.4 is 11.1 Å². The number of carboxylic acid groups (broad SMARTS) is 1. The standard InChI is InChI=1S/C13H14ClN5O5S2.ClH/c1-24-18-6(5-2-25-12(15)16-5)8(20)17-7-9(21)19-3-13(14,11(22)23)4-26-10(7)19;/h2,7,10H,3-4H2,1H3,(H2,15,16)(H,17,20)(H,22,23);1H/t7?,10-,13?;/m1./s1. The number of nitrogens with zero attached hydrogens (tertiary/aromatic N) is 3. The first-order valence-electron chi connectivity index (χ1n) is 7.24. The number of β-lactam (4-membered cyclic amide) rings is 1. The average Bonchev–Trinajstić information content (AvgIpc) is 3.03. The average molecular weight is 456 g/mol. The van der Waals surface area contributed by atoms with Gasteiger partial charge in [-0.3, -0.25) is 14.4 Å². The van der Waals surface area contributed by atoms with Crippen molar-refractivity contribution < 1.29 is 24.3 Å². The Morgan fingerprint density at radius 3 is 2.85 bits per heavy atom. The molecule has 0 saturated carbocycles. The second-order valence-electron chi connectivity index (χ2n) is 5.58. The molecule has 1 aromatic rings. The number of carbonyl (C=O) groups is 3. The Morgan fingerprint density at radius 2 is 2.30 bits per heavy atom. The van der Waals surface area contributed by atoms with E-state index in [0.29, 0.717) is 0 Å². The summed E-state index contributed by atoms with van der Waals surface area (Å²) < 4.78 is 0. The summed E-state index contributed by atoms with van der Waals surface area (Å²) in [5, 5.41) is 16.8. The highest BCUT2D eigenvalue weighted by Crippen LogP contribution is 2.41. The minimum atomic E-state index is -1.52. The lowest BCUT2D eigenvalue weighted by molar-refractivity contribution is -0.151. The van der Waals surface area contributed by atoms with Crippen molar-refractivity contribution in [1.82, 2.24) is 15.2 Å². The fourth-order valence-electron chi connectivity index (χ4n) is 2.58. The van der Waals surface area contributed by atoms with Gasteiger partial charge >= 0.3 is 5.97 Å². The molecular formula is C13H15Cl2N5O5S2. The highest BCUT2D eigenvalue weighted by molar-refractivity contribution is 8.00. The second kappa shape index (κ2) is 8.09. The second-order valence-corrected chi connectivity index (χ2v) is 8.30. The van der Waals surface area contributed by atoms with Gasteiger partial charge < -0.3 is 25.9 Å². The summed E-state index contributed by atoms with van der Waals surface area (Å²) in [5.41, 5.74) is 5.69. The van der Waals surface area contributed by atoms with E-state index in [4.69, 9.17) is 17.3 Å². The number of anilines is 1. The van der Waals surface area contributed by atoms with E-state index in [1.165, 1.54) is 23.8 Å². The summed E-state index contributed by atoms with van der Waals surface area (Å²) >= 11 is 8.38. The Morgan fingerprint density at radius 1 is 1.59 bits per heavy atom. The number of aromatic nitrogens is 1. The molecular weight excluding hydrogens is 441 g/mol. The molecule has 0 spiro atoms. The summed E-state index contributed by atoms with van der Waals surface area (Å²) in [7, 11) is 1.28. The van der Waals surface area contributed by atoms with E-state index in [1.54, 1.807) is 5.38 Å². The maximum atomic E-state index is 12.5. The van der Waals surface area contributed by atoms with Crippen LogP contribution in [0.15, 0.2) is 10.5 Å². The molecule has 4 N–H and O–H groups in total. The summed E-state index contributed by atoms with van der Waals surface area (Å²) in [6, 6.07) is -0.805. The largest absolute Gasteiger partial charge is 0.480 e. The zero-order valence-corrected chi connectivity index (χ0v) is 17.0. The molecule has 3 atom stereocenters. The van der Waals surface area contributed by atoms with Gasteiger partial charge in [-0.1, -0.05) is 5.16 Å². The number of nitrogen functional groups attached to an aromatic ring is 1. The number of amides is 2. The fourth-order valence-corrected chi connectivity index (χ4v) is 4.83. The summed E-state index contributed by atoms with van der Waals surface area (Å²) in [6.45, 7) is -0.117. The molecule has 27 heavy (non-hydrogen) atoms. The maximum Gasteiger partial charge on any atom is 0.327 e. The Kier molecular flexibility index (Phi) is 6.45. The van der Waals surface area contributed by atoms with Crippen molar-refractivity contribution in [2.45, 2.75) is 16.3 Å². The molecule has 148 valence electrons. The quantitative estimate of drug-likeness (QED) is 0.242. The highest BCUT2D eigenvalue weighted by Gasteiger charge is 2.57. The minimum absolute atomic E-state index is 0. The summed E-state index contributed by atoms with van der Waals surface area (Å²) in [6.07, 6.45) is 0. The van der Waals surface area contributed by atoms with Crippen LogP contribution in [0.4, 0.5) is 5.13 Å². The van der Waals surface area contributed by atoms with Gasteiger partial charge in [0.2, 0.25) is 5.91 Å². The van der Waals surface area contributed by atoms with E-state index in [0.717, 1.165) is 11.3 Å². The zero-order valence-electron chi connectivity index (χ0n) is 13.7. The van der Waals surface area contributed by atoms with Gasteiger partial charge in [-0.05, 0) is 0 Å². The van der Waals surface area contributed by atoms with E-state index < -0.39 is 28.7 Å². The summed E-state index contributed by atoms with van der Waals surface area (Å²) in [5.74, 6) is -2.11. The van der Waals surface area contributed by atoms with E-state index in [-0.39, 0.29) is 46.6 Å². The van der Waals surface area contributed by atoms with Crippen LogP contribution >= 0.6 is 47.1 Å². The van der Waals surface area contributed by atoms with Crippen molar-refractivity contribution in [1.29, 1.82) is 0 Å². The van der Waals surface area contributed by atoms with Crippen LogP contribution in [0.3, 0.4) is 0 Å². The number of thioether (sulfide) groups is 1. The molecule has 2 saturated heterocycles. The monoisotopic (exact) mass is 455 g/mol. The van der Waals surface area contributed by atoms with Crippen molar-refractivity contribution >= 4 is 75.7 Å². The van der Waals surface area contributed by atoms with Gasteiger partial charge in [0.1, 0.15) is 24.2 Å². The number of rotatable bonds is 5. The number of alkyl halides is 1. The first-order chi connectivity index (χ1) is 12.3. The van der Waals surface area contributed by atoms with Crippen LogP contribution in [0.1, 0.15) is 5.69 Å². The van der Waals surface area contributed by atoms with E-state index in [2.05, 4.69) is 20.3 Å². The molecule has 2 aliphatic heterocycles. The molecule has 0 aromatic carbocycles. The number of aliphatic carboxylic acids is 1. The van der Waals surface area contributed by atoms with Gasteiger partial charge in [-0.25, -0.2) is 4.98 Å². The molecule has 3 rings (SSSR count). The number of nitrogens with two attached hydrogens (primary N) is 1. The molecule has 2 amide bonds. The van der Waals surface area contributed by atoms with Crippen molar-refractivity contribution in [2.75, 3.05) is 25.1 Å². The van der Waals surface area contributed by atoms with Gasteiger partial charge in [0, 0.05) is 11.1 Å². The summed E-state index contributed by atoms with van der Waals surface area (Å²) in [4.78, 5) is 44.5. The molecule has 2 aliphatic rings. The van der Waals surface area contributed by atoms with Crippen molar-refractivity contribution in [3.05, 3.63) is 11.1 Å². The number of thiazole rings is 1. The van der Waals surface area contributed by atoms with Gasteiger partial charge in [0.25, 0.3) is 5.91 Å². The topological polar surface area (TPSA) is 147 Å². The maximum absolute atomic E-state index is 12.5. The van der Waals surface area contributed by atoms with Crippen LogP contribution in [-0.2, 0) is 19.2 Å². The number of carbonyl (C=O) groups excluding carboxylic acids is 2. The molecule has 1 aromatic heterocycles. The highest BCUT2D eigenvalue weighted by atomic mass is 35.5. The molecule has 0 radical (unpaired) electrons. The Balaban J connectivity index is 0.00000261. The van der Waals surface area contributed by atoms with Crippen LogP contribution in [0, 0.1) is 0 Å². The smallest absolute Gasteiger partial charge is 0.327 e. The lowest BCUT2D eigenvalue weighted by Crippen LogP contribution is -2.74. The first-order valence-corrected chi connectivity index (χ1v) is 9.55. The first kappa shape index (κ1) is 21.5. The minimum Gasteiger partial charge on any atom is -0.480 e. The van der Waals surface area contributed by atoms with Crippen LogP contribution in [-0.4, -0.2) is 74.2 Å². The van der Waals surface area contributed by atoms with E-state index >= 15 is 0 Å². The lowest BCUT2D eigenvalue weighted by atomic mass is 10.0. The molecule has 0 bridgehead atoms. The predicted octanol–water partition coefficient (Wildman–Crippen LogP) is -0.0403. The van der Waals surface area contributed by atoms with Crippen LogP contribution in [0.2, 0.25) is 0 Å². The Labute approximate surface area is 172 Å². The van der Waals surface area contributed by atoms with Gasteiger partial charge in [0.15, 0.2) is 15.7 Å². The normalized spacial score (nSPS) is 27.1. The molecule has 2 fully saturated rings. The Hall–Kier alpha value is -1.76. The van der Waals surface area contributed by atoms with Crippen molar-refractivity contribution in [3.63, 3.8) is 0 Å². The third-order valence-corrected chi connectivity index (χ3v) is 6.65. The SMILES string of the molecule is CON=C(C(=O)NC1C(=O)N2CC(Cl)(C(=O)O)CS[C@H]12)c1csc(N)n1.Cl.